The van der Waals surface area contributed by atoms with Crippen LogP contribution in [0.1, 0.15) is 12.0 Å². The average Bonchev–Trinajstić information content (AvgIpc) is 3.52. The molecule has 1 aliphatic heterocycles. The van der Waals surface area contributed by atoms with Gasteiger partial charge in [-0.1, -0.05) is 18.2 Å². The second-order valence-corrected chi connectivity index (χ2v) is 7.80. The predicted octanol–water partition coefficient (Wildman–Crippen LogP) is 1.86. The summed E-state index contributed by atoms with van der Waals surface area (Å²) in [6, 6.07) is 12.8. The quantitative estimate of drug-likeness (QED) is 0.497. The zero-order valence-corrected chi connectivity index (χ0v) is 17.7. The summed E-state index contributed by atoms with van der Waals surface area (Å²) in [7, 11) is 3.53. The molecule has 2 N–H and O–H groups in total. The van der Waals surface area contributed by atoms with Crippen molar-refractivity contribution in [2.24, 2.45) is 7.05 Å². The lowest BCUT2D eigenvalue weighted by molar-refractivity contribution is -0.143. The van der Waals surface area contributed by atoms with Gasteiger partial charge in [0, 0.05) is 63.3 Å². The summed E-state index contributed by atoms with van der Waals surface area (Å²) in [6.45, 7) is 0.525. The van der Waals surface area contributed by atoms with Gasteiger partial charge in [0.15, 0.2) is 17.2 Å². The molecular weight excluding hydrogens is 408 g/mol. The number of nitrogens with zero attached hydrogens (tertiary/aromatic N) is 7. The molecule has 1 aliphatic rings. The first-order valence-corrected chi connectivity index (χ1v) is 10.2. The van der Waals surface area contributed by atoms with E-state index in [9.17, 15) is 9.90 Å². The molecule has 0 saturated carbocycles. The summed E-state index contributed by atoms with van der Waals surface area (Å²) in [5.74, 6) is 1.36. The van der Waals surface area contributed by atoms with Crippen LogP contribution in [0.3, 0.4) is 0 Å². The van der Waals surface area contributed by atoms with Gasteiger partial charge in [0.1, 0.15) is 0 Å². The van der Waals surface area contributed by atoms with E-state index in [1.54, 1.807) is 45.8 Å². The molecule has 1 amide bonds. The SMILES string of the molecule is CN1CC[C@@](O)(c2cccc(-c3ccn(-c4ccnc(Nc5ccn(C)n5)n4)n3)c2)C1=O. The third-order valence-electron chi connectivity index (χ3n) is 5.56. The van der Waals surface area contributed by atoms with Crippen molar-refractivity contribution >= 4 is 17.7 Å². The van der Waals surface area contributed by atoms with Crippen molar-refractivity contribution in [3.8, 4) is 17.1 Å². The van der Waals surface area contributed by atoms with Crippen LogP contribution in [0.2, 0.25) is 0 Å². The van der Waals surface area contributed by atoms with Crippen LogP contribution in [0.15, 0.2) is 61.1 Å². The monoisotopic (exact) mass is 430 g/mol. The van der Waals surface area contributed by atoms with Crippen LogP contribution in [-0.4, -0.2) is 59.0 Å². The molecule has 32 heavy (non-hydrogen) atoms. The maximum absolute atomic E-state index is 12.5. The Bertz CT molecular complexity index is 1300. The molecular formula is C22H22N8O2. The summed E-state index contributed by atoms with van der Waals surface area (Å²) < 4.78 is 3.34. The highest BCUT2D eigenvalue weighted by atomic mass is 16.3. The van der Waals surface area contributed by atoms with E-state index in [1.165, 1.54) is 0 Å². The standard InChI is InChI=1S/C22H22N8O2/c1-28-13-9-22(32,20(28)31)16-5-3-4-15(14-16)17-7-12-30(26-17)19-6-10-23-21(25-19)24-18-8-11-29(2)27-18/h3-8,10-12,14,32H,9,13H2,1-2H3,(H,23,24,25,27)/t22-/m1/s1. The zero-order chi connectivity index (χ0) is 22.3. The minimum absolute atomic E-state index is 0.283. The Kier molecular flexibility index (Phi) is 4.71. The van der Waals surface area contributed by atoms with Gasteiger partial charge < -0.3 is 15.3 Å². The van der Waals surface area contributed by atoms with E-state index in [1.807, 2.05) is 43.6 Å². The fourth-order valence-corrected chi connectivity index (χ4v) is 3.80. The van der Waals surface area contributed by atoms with Gasteiger partial charge in [0.25, 0.3) is 5.91 Å². The van der Waals surface area contributed by atoms with Crippen LogP contribution in [0, 0.1) is 0 Å². The average molecular weight is 430 g/mol. The van der Waals surface area contributed by atoms with Crippen LogP contribution in [0.25, 0.3) is 17.1 Å². The molecule has 1 saturated heterocycles. The Morgan fingerprint density at radius 1 is 1.09 bits per heavy atom. The molecule has 0 radical (unpaired) electrons. The highest BCUT2D eigenvalue weighted by molar-refractivity contribution is 5.88. The summed E-state index contributed by atoms with van der Waals surface area (Å²) in [5, 5.41) is 22.9. The van der Waals surface area contributed by atoms with E-state index in [0.29, 0.717) is 41.8 Å². The maximum Gasteiger partial charge on any atom is 0.258 e. The van der Waals surface area contributed by atoms with Crippen LogP contribution < -0.4 is 5.32 Å². The number of amides is 1. The Morgan fingerprint density at radius 2 is 1.97 bits per heavy atom. The Hall–Kier alpha value is -4.05. The molecule has 0 bridgehead atoms. The van der Waals surface area contributed by atoms with Gasteiger partial charge in [0.2, 0.25) is 5.95 Å². The van der Waals surface area contributed by atoms with Gasteiger partial charge in [-0.05, 0) is 17.7 Å². The molecule has 162 valence electrons. The normalized spacial score (nSPS) is 18.3. The van der Waals surface area contributed by atoms with Gasteiger partial charge in [-0.15, -0.1) is 0 Å². The molecule has 1 aromatic carbocycles. The molecule has 4 aromatic rings. The van der Waals surface area contributed by atoms with Crippen molar-refractivity contribution in [2.75, 3.05) is 18.9 Å². The third kappa shape index (κ3) is 3.50. The third-order valence-corrected chi connectivity index (χ3v) is 5.56. The predicted molar refractivity (Wildman–Crippen MR) is 117 cm³/mol. The lowest BCUT2D eigenvalue weighted by atomic mass is 9.90. The van der Waals surface area contributed by atoms with Crippen molar-refractivity contribution < 1.29 is 9.90 Å². The molecule has 1 atom stereocenters. The first-order valence-electron chi connectivity index (χ1n) is 10.2. The minimum atomic E-state index is -1.49. The summed E-state index contributed by atoms with van der Waals surface area (Å²) in [5.41, 5.74) is 0.583. The van der Waals surface area contributed by atoms with E-state index in [4.69, 9.17) is 0 Å². The number of rotatable bonds is 5. The fraction of sp³-hybridized carbons (Fsp3) is 0.227. The number of aryl methyl sites for hydroxylation is 1. The number of hydrogen-bond acceptors (Lipinski definition) is 7. The Balaban J connectivity index is 1.41. The second-order valence-electron chi connectivity index (χ2n) is 7.80. The highest BCUT2D eigenvalue weighted by Crippen LogP contribution is 2.34. The molecule has 1 fully saturated rings. The lowest BCUT2D eigenvalue weighted by Gasteiger charge is -2.21. The number of carbonyl (C=O) groups excluding carboxylic acids is 1. The van der Waals surface area contributed by atoms with Crippen molar-refractivity contribution in [3.05, 3.63) is 66.6 Å². The van der Waals surface area contributed by atoms with Crippen LogP contribution in [0.4, 0.5) is 11.8 Å². The largest absolute Gasteiger partial charge is 0.375 e. The molecule has 0 aliphatic carbocycles. The molecule has 3 aromatic heterocycles. The summed E-state index contributed by atoms with van der Waals surface area (Å²) in [4.78, 5) is 22.7. The maximum atomic E-state index is 12.5. The van der Waals surface area contributed by atoms with Crippen molar-refractivity contribution in [1.82, 2.24) is 34.4 Å². The molecule has 10 nitrogen and oxygen atoms in total. The van der Waals surface area contributed by atoms with Crippen LogP contribution in [-0.2, 0) is 17.4 Å². The number of carbonyl (C=O) groups is 1. The first-order chi connectivity index (χ1) is 15.4. The number of benzene rings is 1. The Labute approximate surface area is 184 Å². The molecule has 10 heteroatoms. The molecule has 4 heterocycles. The van der Waals surface area contributed by atoms with Crippen molar-refractivity contribution in [3.63, 3.8) is 0 Å². The number of anilines is 2. The fourth-order valence-electron chi connectivity index (χ4n) is 3.80. The van der Waals surface area contributed by atoms with E-state index in [0.717, 1.165) is 5.56 Å². The number of likely N-dealkylation sites (N-methyl/N-ethyl adjacent to an activating group) is 1. The second kappa shape index (κ2) is 7.57. The van der Waals surface area contributed by atoms with Crippen molar-refractivity contribution in [2.45, 2.75) is 12.0 Å². The summed E-state index contributed by atoms with van der Waals surface area (Å²) >= 11 is 0. The molecule has 5 rings (SSSR count). The van der Waals surface area contributed by atoms with Gasteiger partial charge in [-0.25, -0.2) is 9.67 Å². The topological polar surface area (TPSA) is 114 Å². The van der Waals surface area contributed by atoms with Gasteiger partial charge in [-0.3, -0.25) is 9.48 Å². The Morgan fingerprint density at radius 3 is 2.72 bits per heavy atom. The van der Waals surface area contributed by atoms with E-state index >= 15 is 0 Å². The van der Waals surface area contributed by atoms with Gasteiger partial charge in [0.05, 0.1) is 5.69 Å². The molecule has 0 spiro atoms. The van der Waals surface area contributed by atoms with E-state index in [2.05, 4.69) is 25.5 Å². The van der Waals surface area contributed by atoms with Gasteiger partial charge >= 0.3 is 0 Å². The zero-order valence-electron chi connectivity index (χ0n) is 17.7. The number of likely N-dealkylation sites (tertiary alicyclic amines) is 1. The smallest absolute Gasteiger partial charge is 0.258 e. The lowest BCUT2D eigenvalue weighted by Crippen LogP contribution is -2.36. The number of aromatic nitrogens is 6. The van der Waals surface area contributed by atoms with Crippen LogP contribution >= 0.6 is 0 Å². The molecule has 0 unspecified atom stereocenters. The first kappa shape index (κ1) is 19.9. The van der Waals surface area contributed by atoms with Gasteiger partial charge in [-0.2, -0.15) is 15.2 Å². The van der Waals surface area contributed by atoms with E-state index < -0.39 is 5.60 Å². The van der Waals surface area contributed by atoms with Crippen molar-refractivity contribution in [1.29, 1.82) is 0 Å². The number of aliphatic hydroxyl groups is 1. The summed E-state index contributed by atoms with van der Waals surface area (Å²) in [6.07, 6.45) is 5.65. The van der Waals surface area contributed by atoms with Crippen LogP contribution in [0.5, 0.6) is 0 Å². The number of nitrogens with one attached hydrogen (secondary N) is 1. The minimum Gasteiger partial charge on any atom is -0.375 e. The highest BCUT2D eigenvalue weighted by Gasteiger charge is 2.45. The van der Waals surface area contributed by atoms with E-state index in [-0.39, 0.29) is 5.91 Å². The number of hydrogen-bond donors (Lipinski definition) is 2.